The van der Waals surface area contributed by atoms with Crippen LogP contribution >= 0.6 is 0 Å². The molecule has 0 fully saturated rings. The number of hydrogen-bond acceptors (Lipinski definition) is 3. The number of likely N-dealkylation sites (N-methyl/N-ethyl adjacent to an activating group) is 1. The van der Waals surface area contributed by atoms with Crippen LogP contribution in [0.4, 0.5) is 0 Å². The van der Waals surface area contributed by atoms with Gasteiger partial charge in [0, 0.05) is 13.0 Å². The highest BCUT2D eigenvalue weighted by Gasteiger charge is 2.17. The zero-order chi connectivity index (χ0) is 14.7. The smallest absolute Gasteiger partial charge is 0.337 e. The van der Waals surface area contributed by atoms with Crippen LogP contribution in [0.3, 0.4) is 0 Å². The maximum absolute atomic E-state index is 11.8. The number of hydrogen-bond donors (Lipinski definition) is 2. The number of nitrogens with one attached hydrogen (secondary N) is 1. The van der Waals surface area contributed by atoms with E-state index in [4.69, 9.17) is 0 Å². The van der Waals surface area contributed by atoms with Crippen molar-refractivity contribution in [2.75, 3.05) is 6.54 Å². The van der Waals surface area contributed by atoms with Crippen molar-refractivity contribution in [1.29, 1.82) is 0 Å². The van der Waals surface area contributed by atoms with Crippen molar-refractivity contribution in [3.8, 4) is 0 Å². The number of imidazole rings is 1. The molecule has 0 spiro atoms. The van der Waals surface area contributed by atoms with E-state index in [0.29, 0.717) is 29.8 Å². The second-order valence-electron chi connectivity index (χ2n) is 4.40. The maximum atomic E-state index is 11.8. The zero-order valence-corrected chi connectivity index (χ0v) is 11.5. The molecule has 1 aromatic carbocycles. The van der Waals surface area contributed by atoms with Gasteiger partial charge in [-0.2, -0.15) is 0 Å². The minimum absolute atomic E-state index is 0.109. The van der Waals surface area contributed by atoms with Crippen molar-refractivity contribution < 1.29 is 14.7 Å². The molecule has 1 amide bonds. The van der Waals surface area contributed by atoms with E-state index in [2.05, 4.69) is 10.3 Å². The molecule has 1 aromatic heterocycles. The van der Waals surface area contributed by atoms with Crippen molar-refractivity contribution in [3.63, 3.8) is 0 Å². The Bertz CT molecular complexity index is 661. The number of para-hydroxylation sites is 1. The largest absolute Gasteiger partial charge is 0.478 e. The van der Waals surface area contributed by atoms with Gasteiger partial charge in [0.15, 0.2) is 0 Å². The van der Waals surface area contributed by atoms with Gasteiger partial charge in [-0.05, 0) is 19.1 Å². The van der Waals surface area contributed by atoms with E-state index in [0.717, 1.165) is 0 Å². The molecule has 2 rings (SSSR count). The Morgan fingerprint density at radius 1 is 1.35 bits per heavy atom. The molecule has 0 bridgehead atoms. The minimum atomic E-state index is -1.01. The third kappa shape index (κ3) is 2.49. The van der Waals surface area contributed by atoms with Crippen molar-refractivity contribution in [2.24, 2.45) is 0 Å². The van der Waals surface area contributed by atoms with Crippen molar-refractivity contribution >= 4 is 22.9 Å². The summed E-state index contributed by atoms with van der Waals surface area (Å²) in [6.07, 6.45) is 0.632. The molecule has 106 valence electrons. The molecule has 0 aliphatic carbocycles. The molecule has 0 aliphatic rings. The maximum Gasteiger partial charge on any atom is 0.337 e. The number of amides is 1. The summed E-state index contributed by atoms with van der Waals surface area (Å²) in [6, 6.07) is 4.97. The molecule has 0 saturated carbocycles. The molecule has 0 radical (unpaired) electrons. The predicted molar refractivity (Wildman–Crippen MR) is 74.8 cm³/mol. The number of benzene rings is 1. The lowest BCUT2D eigenvalue weighted by Gasteiger charge is -2.08. The quantitative estimate of drug-likeness (QED) is 0.864. The van der Waals surface area contributed by atoms with E-state index in [1.165, 1.54) is 6.07 Å². The topological polar surface area (TPSA) is 84.2 Å². The fourth-order valence-electron chi connectivity index (χ4n) is 2.21. The molecule has 6 heteroatoms. The lowest BCUT2D eigenvalue weighted by atomic mass is 10.2. The normalized spacial score (nSPS) is 10.7. The summed E-state index contributed by atoms with van der Waals surface area (Å²) in [5.41, 5.74) is 1.26. The summed E-state index contributed by atoms with van der Waals surface area (Å²) in [4.78, 5) is 27.4. The first kappa shape index (κ1) is 14.0. The van der Waals surface area contributed by atoms with Gasteiger partial charge in [0.1, 0.15) is 17.9 Å². The third-order valence-electron chi connectivity index (χ3n) is 3.08. The molecule has 2 aromatic rings. The first-order valence-corrected chi connectivity index (χ1v) is 6.56. The number of carbonyl (C=O) groups excluding carboxylic acids is 1. The third-order valence-corrected chi connectivity index (χ3v) is 3.08. The highest BCUT2D eigenvalue weighted by molar-refractivity contribution is 6.01. The number of carbonyl (C=O) groups is 2. The van der Waals surface area contributed by atoms with Crippen molar-refractivity contribution in [2.45, 2.75) is 26.8 Å². The van der Waals surface area contributed by atoms with E-state index in [9.17, 15) is 14.7 Å². The number of rotatable bonds is 5. The summed E-state index contributed by atoms with van der Waals surface area (Å²) < 4.78 is 1.77. The van der Waals surface area contributed by atoms with Crippen LogP contribution in [0.25, 0.3) is 11.0 Å². The highest BCUT2D eigenvalue weighted by atomic mass is 16.4. The molecule has 20 heavy (non-hydrogen) atoms. The van der Waals surface area contributed by atoms with E-state index in [1.54, 1.807) is 16.7 Å². The van der Waals surface area contributed by atoms with E-state index in [-0.39, 0.29) is 18.0 Å². The summed E-state index contributed by atoms with van der Waals surface area (Å²) >= 11 is 0. The number of carboxylic acids is 1. The Balaban J connectivity index is 2.55. The van der Waals surface area contributed by atoms with Crippen molar-refractivity contribution in [3.05, 3.63) is 29.6 Å². The number of aromatic nitrogens is 2. The standard InChI is InChI=1S/C14H17N3O3/c1-3-11-16-13-9(14(19)20)6-5-7-10(13)17(11)8-12(18)15-4-2/h5-7H,3-4,8H2,1-2H3,(H,15,18)(H,19,20). The van der Waals surface area contributed by atoms with E-state index < -0.39 is 5.97 Å². The fraction of sp³-hybridized carbons (Fsp3) is 0.357. The molecule has 1 heterocycles. The average Bonchev–Trinajstić information content (AvgIpc) is 2.76. The molecule has 2 N–H and O–H groups in total. The molecule has 6 nitrogen and oxygen atoms in total. The van der Waals surface area contributed by atoms with E-state index >= 15 is 0 Å². The second kappa shape index (κ2) is 5.73. The van der Waals surface area contributed by atoms with Gasteiger partial charge in [-0.1, -0.05) is 13.0 Å². The van der Waals surface area contributed by atoms with Gasteiger partial charge in [-0.3, -0.25) is 4.79 Å². The van der Waals surface area contributed by atoms with Crippen LogP contribution in [0.2, 0.25) is 0 Å². The SMILES string of the molecule is CCNC(=O)Cn1c(CC)nc2c(C(=O)O)cccc21. The Kier molecular flexibility index (Phi) is 4.02. The highest BCUT2D eigenvalue weighted by Crippen LogP contribution is 2.20. The lowest BCUT2D eigenvalue weighted by Crippen LogP contribution is -2.27. The average molecular weight is 275 g/mol. The van der Waals surface area contributed by atoms with Gasteiger partial charge in [0.25, 0.3) is 0 Å². The van der Waals surface area contributed by atoms with Crippen LogP contribution < -0.4 is 5.32 Å². The number of fused-ring (bicyclic) bond motifs is 1. The number of aromatic carboxylic acids is 1. The summed E-state index contributed by atoms with van der Waals surface area (Å²) in [7, 11) is 0. The van der Waals surface area contributed by atoms with E-state index in [1.807, 2.05) is 13.8 Å². The first-order valence-electron chi connectivity index (χ1n) is 6.56. The van der Waals surface area contributed by atoms with Gasteiger partial charge in [0.2, 0.25) is 5.91 Å². The summed E-state index contributed by atoms with van der Waals surface area (Å²) in [5, 5.41) is 11.9. The number of nitrogens with zero attached hydrogens (tertiary/aromatic N) is 2. The molecule has 0 saturated heterocycles. The summed E-state index contributed by atoms with van der Waals surface area (Å²) in [6.45, 7) is 4.49. The van der Waals surface area contributed by atoms with Gasteiger partial charge in [-0.25, -0.2) is 9.78 Å². The summed E-state index contributed by atoms with van der Waals surface area (Å²) in [5.74, 6) is -0.414. The van der Waals surface area contributed by atoms with Crippen molar-refractivity contribution in [1.82, 2.24) is 14.9 Å². The predicted octanol–water partition coefficient (Wildman–Crippen LogP) is 1.43. The molecule has 0 aliphatic heterocycles. The molecule has 0 unspecified atom stereocenters. The Morgan fingerprint density at radius 2 is 2.10 bits per heavy atom. The Morgan fingerprint density at radius 3 is 2.70 bits per heavy atom. The zero-order valence-electron chi connectivity index (χ0n) is 11.5. The fourth-order valence-corrected chi connectivity index (χ4v) is 2.21. The van der Waals surface area contributed by atoms with Crippen LogP contribution in [-0.2, 0) is 17.8 Å². The van der Waals surface area contributed by atoms with Gasteiger partial charge in [0.05, 0.1) is 11.1 Å². The number of aryl methyl sites for hydroxylation is 1. The van der Waals surface area contributed by atoms with Gasteiger partial charge >= 0.3 is 5.97 Å². The van der Waals surface area contributed by atoms with Crippen LogP contribution in [0, 0.1) is 0 Å². The monoisotopic (exact) mass is 275 g/mol. The van der Waals surface area contributed by atoms with Gasteiger partial charge in [-0.15, -0.1) is 0 Å². The lowest BCUT2D eigenvalue weighted by molar-refractivity contribution is -0.121. The van der Waals surface area contributed by atoms with Crippen LogP contribution in [0.15, 0.2) is 18.2 Å². The van der Waals surface area contributed by atoms with Gasteiger partial charge < -0.3 is 15.0 Å². The minimum Gasteiger partial charge on any atom is -0.478 e. The first-order chi connectivity index (χ1) is 9.58. The van der Waals surface area contributed by atoms with Crippen LogP contribution in [0.1, 0.15) is 30.0 Å². The van der Waals surface area contributed by atoms with Crippen LogP contribution in [0.5, 0.6) is 0 Å². The Labute approximate surface area is 116 Å². The number of carboxylic acid groups (broad SMARTS) is 1. The Hall–Kier alpha value is -2.37. The molecule has 0 atom stereocenters. The second-order valence-corrected chi connectivity index (χ2v) is 4.40. The molecular weight excluding hydrogens is 258 g/mol. The molecular formula is C14H17N3O3. The van der Waals surface area contributed by atoms with Crippen LogP contribution in [-0.4, -0.2) is 33.1 Å².